The molecule has 90 valence electrons. The number of halogens is 1. The number of alkyl halides is 1. The van der Waals surface area contributed by atoms with Gasteiger partial charge in [-0.3, -0.25) is 0 Å². The summed E-state index contributed by atoms with van der Waals surface area (Å²) in [5, 5.41) is 0. The van der Waals surface area contributed by atoms with Crippen molar-refractivity contribution in [2.75, 3.05) is 0 Å². The van der Waals surface area contributed by atoms with E-state index in [0.29, 0.717) is 17.4 Å². The van der Waals surface area contributed by atoms with Crippen LogP contribution in [0, 0.1) is 0 Å². The zero-order valence-corrected chi connectivity index (χ0v) is 10.5. The van der Waals surface area contributed by atoms with Crippen LogP contribution in [0.2, 0.25) is 0 Å². The molecule has 3 heteroatoms. The molecule has 1 aliphatic heterocycles. The molecule has 0 aliphatic carbocycles. The van der Waals surface area contributed by atoms with Gasteiger partial charge in [-0.05, 0) is 23.6 Å². The molecule has 2 rings (SSSR count). The lowest BCUT2D eigenvalue weighted by Crippen LogP contribution is -2.27. The van der Waals surface area contributed by atoms with Crippen molar-refractivity contribution in [2.45, 2.75) is 46.6 Å². The van der Waals surface area contributed by atoms with Gasteiger partial charge >= 0.3 is 6.04 Å². The minimum Gasteiger partial charge on any atom is -0.423 e. The SMILES string of the molecule is CC.CC(C)c1ccc2c(c1)OC(C)(F)O2. The Morgan fingerprint density at radius 1 is 1.12 bits per heavy atom. The molecule has 0 N–H and O–H groups in total. The average Bonchev–Trinajstić information content (AvgIpc) is 2.53. The molecule has 0 fully saturated rings. The Balaban J connectivity index is 0.000000606. The third-order valence-corrected chi connectivity index (χ3v) is 2.22. The number of benzene rings is 1. The lowest BCUT2D eigenvalue weighted by atomic mass is 10.0. The van der Waals surface area contributed by atoms with Gasteiger partial charge in [0.1, 0.15) is 0 Å². The first-order valence-electron chi connectivity index (χ1n) is 5.69. The topological polar surface area (TPSA) is 18.5 Å². The number of fused-ring (bicyclic) bond motifs is 1. The van der Waals surface area contributed by atoms with Gasteiger partial charge in [0.05, 0.1) is 0 Å². The summed E-state index contributed by atoms with van der Waals surface area (Å²) in [7, 11) is 0. The van der Waals surface area contributed by atoms with E-state index in [1.165, 1.54) is 6.92 Å². The summed E-state index contributed by atoms with van der Waals surface area (Å²) in [5.74, 6) is 1.36. The second-order valence-electron chi connectivity index (χ2n) is 3.90. The van der Waals surface area contributed by atoms with Gasteiger partial charge < -0.3 is 9.47 Å². The summed E-state index contributed by atoms with van der Waals surface area (Å²) < 4.78 is 23.2. The lowest BCUT2D eigenvalue weighted by molar-refractivity contribution is -0.173. The summed E-state index contributed by atoms with van der Waals surface area (Å²) in [4.78, 5) is 0. The molecule has 1 aliphatic rings. The standard InChI is InChI=1S/C11H13FO2.C2H6/c1-7(2)8-4-5-9-10(6-8)14-11(3,12)13-9;1-2/h4-7H,1-3H3;1-2H3. The van der Waals surface area contributed by atoms with Gasteiger partial charge in [0.2, 0.25) is 0 Å². The molecule has 0 bridgehead atoms. The van der Waals surface area contributed by atoms with Crippen LogP contribution in [0.25, 0.3) is 0 Å². The van der Waals surface area contributed by atoms with E-state index in [9.17, 15) is 4.39 Å². The van der Waals surface area contributed by atoms with Crippen LogP contribution in [0.15, 0.2) is 18.2 Å². The summed E-state index contributed by atoms with van der Waals surface area (Å²) in [5.41, 5.74) is 1.12. The molecule has 0 aromatic heterocycles. The maximum absolute atomic E-state index is 13.3. The van der Waals surface area contributed by atoms with Gasteiger partial charge in [0.15, 0.2) is 11.5 Å². The van der Waals surface area contributed by atoms with Crippen LogP contribution in [-0.4, -0.2) is 6.04 Å². The minimum absolute atomic E-state index is 0.398. The molecule has 1 unspecified atom stereocenters. The highest BCUT2D eigenvalue weighted by Crippen LogP contribution is 2.41. The fraction of sp³-hybridized carbons (Fsp3) is 0.538. The Kier molecular flexibility index (Phi) is 3.79. The summed E-state index contributed by atoms with van der Waals surface area (Å²) in [6.45, 7) is 9.40. The number of hydrogen-bond acceptors (Lipinski definition) is 2. The van der Waals surface area contributed by atoms with E-state index in [0.717, 1.165) is 5.56 Å². The second-order valence-corrected chi connectivity index (χ2v) is 3.90. The van der Waals surface area contributed by atoms with Crippen molar-refractivity contribution in [1.82, 2.24) is 0 Å². The largest absolute Gasteiger partial charge is 0.423 e. The van der Waals surface area contributed by atoms with Crippen LogP contribution in [0.4, 0.5) is 4.39 Å². The van der Waals surface area contributed by atoms with Crippen molar-refractivity contribution in [3.05, 3.63) is 23.8 Å². The van der Waals surface area contributed by atoms with E-state index in [-0.39, 0.29) is 0 Å². The van der Waals surface area contributed by atoms with Gasteiger partial charge in [0.25, 0.3) is 0 Å². The molecule has 1 aromatic rings. The highest BCUT2D eigenvalue weighted by atomic mass is 19.2. The van der Waals surface area contributed by atoms with Crippen molar-refractivity contribution >= 4 is 0 Å². The summed E-state index contributed by atoms with van der Waals surface area (Å²) in [6.07, 6.45) is 0. The van der Waals surface area contributed by atoms with Crippen LogP contribution in [0.3, 0.4) is 0 Å². The maximum atomic E-state index is 13.3. The van der Waals surface area contributed by atoms with Crippen molar-refractivity contribution in [1.29, 1.82) is 0 Å². The minimum atomic E-state index is -2.02. The molecule has 1 aromatic carbocycles. The van der Waals surface area contributed by atoms with E-state index < -0.39 is 6.04 Å². The fourth-order valence-corrected chi connectivity index (χ4v) is 1.46. The normalized spacial score (nSPS) is 21.7. The first kappa shape index (κ1) is 12.8. The van der Waals surface area contributed by atoms with Gasteiger partial charge in [-0.15, -0.1) is 0 Å². The third kappa shape index (κ3) is 2.65. The number of hydrogen-bond donors (Lipinski definition) is 0. The Bertz CT molecular complexity index is 359. The monoisotopic (exact) mass is 226 g/mol. The van der Waals surface area contributed by atoms with E-state index in [2.05, 4.69) is 13.8 Å². The van der Waals surface area contributed by atoms with E-state index in [1.807, 2.05) is 26.0 Å². The maximum Gasteiger partial charge on any atom is 0.404 e. The van der Waals surface area contributed by atoms with E-state index in [1.54, 1.807) is 6.07 Å². The molecule has 0 spiro atoms. The van der Waals surface area contributed by atoms with Crippen LogP contribution in [-0.2, 0) is 0 Å². The van der Waals surface area contributed by atoms with Crippen molar-refractivity contribution in [3.63, 3.8) is 0 Å². The number of rotatable bonds is 1. The highest BCUT2D eigenvalue weighted by Gasteiger charge is 2.36. The molecule has 0 amide bonds. The van der Waals surface area contributed by atoms with Crippen molar-refractivity contribution in [3.8, 4) is 11.5 Å². The molecule has 0 radical (unpaired) electrons. The fourth-order valence-electron chi connectivity index (χ4n) is 1.46. The van der Waals surface area contributed by atoms with E-state index in [4.69, 9.17) is 9.47 Å². The Labute approximate surface area is 96.4 Å². The first-order valence-corrected chi connectivity index (χ1v) is 5.69. The zero-order valence-electron chi connectivity index (χ0n) is 10.5. The van der Waals surface area contributed by atoms with Gasteiger partial charge in [-0.2, -0.15) is 4.39 Å². The van der Waals surface area contributed by atoms with Crippen LogP contribution in [0.1, 0.15) is 46.1 Å². The smallest absolute Gasteiger partial charge is 0.404 e. The second kappa shape index (κ2) is 4.73. The molecule has 2 nitrogen and oxygen atoms in total. The molecular weight excluding hydrogens is 207 g/mol. The van der Waals surface area contributed by atoms with Crippen LogP contribution >= 0.6 is 0 Å². The number of ether oxygens (including phenoxy) is 2. The molecule has 16 heavy (non-hydrogen) atoms. The van der Waals surface area contributed by atoms with Crippen LogP contribution < -0.4 is 9.47 Å². The molecule has 0 saturated heterocycles. The van der Waals surface area contributed by atoms with Gasteiger partial charge in [-0.25, -0.2) is 0 Å². The van der Waals surface area contributed by atoms with E-state index >= 15 is 0 Å². The Morgan fingerprint density at radius 2 is 1.69 bits per heavy atom. The van der Waals surface area contributed by atoms with Crippen molar-refractivity contribution < 1.29 is 13.9 Å². The Hall–Kier alpha value is -1.25. The van der Waals surface area contributed by atoms with Gasteiger partial charge in [-0.1, -0.05) is 33.8 Å². The van der Waals surface area contributed by atoms with Gasteiger partial charge in [0, 0.05) is 6.92 Å². The Morgan fingerprint density at radius 3 is 2.25 bits per heavy atom. The van der Waals surface area contributed by atoms with Crippen LogP contribution in [0.5, 0.6) is 11.5 Å². The molecular formula is C13H19FO2. The molecule has 1 heterocycles. The predicted octanol–water partition coefficient (Wildman–Crippen LogP) is 4.25. The lowest BCUT2D eigenvalue weighted by Gasteiger charge is -2.10. The quantitative estimate of drug-likeness (QED) is 0.712. The average molecular weight is 226 g/mol. The van der Waals surface area contributed by atoms with Crippen molar-refractivity contribution in [2.24, 2.45) is 0 Å². The third-order valence-electron chi connectivity index (χ3n) is 2.22. The predicted molar refractivity (Wildman–Crippen MR) is 62.6 cm³/mol. The summed E-state index contributed by atoms with van der Waals surface area (Å²) >= 11 is 0. The zero-order chi connectivity index (χ0) is 12.3. The molecule has 0 saturated carbocycles. The highest BCUT2D eigenvalue weighted by molar-refractivity contribution is 5.46. The summed E-state index contributed by atoms with van der Waals surface area (Å²) in [6, 6.07) is 3.48. The first-order chi connectivity index (χ1) is 7.48. The molecule has 1 atom stereocenters.